The predicted molar refractivity (Wildman–Crippen MR) is 141 cm³/mol. The fourth-order valence-corrected chi connectivity index (χ4v) is 6.02. The van der Waals surface area contributed by atoms with Gasteiger partial charge in [0.1, 0.15) is 10.6 Å². The Morgan fingerprint density at radius 2 is 1.74 bits per heavy atom. The van der Waals surface area contributed by atoms with Crippen molar-refractivity contribution in [2.24, 2.45) is 11.8 Å². The van der Waals surface area contributed by atoms with Crippen molar-refractivity contribution in [2.75, 3.05) is 23.3 Å². The van der Waals surface area contributed by atoms with Gasteiger partial charge in [0.25, 0.3) is 5.91 Å². The smallest absolute Gasteiger partial charge is 0.347 e. The highest BCUT2D eigenvalue weighted by molar-refractivity contribution is 7.17. The number of rotatable bonds is 8. The van der Waals surface area contributed by atoms with E-state index in [0.717, 1.165) is 11.3 Å². The fraction of sp³-hybridized carbons (Fsp3) is 0.292. The van der Waals surface area contributed by atoms with Crippen LogP contribution in [0.25, 0.3) is 0 Å². The summed E-state index contributed by atoms with van der Waals surface area (Å²) < 4.78 is 0. The molecular weight excluding hydrogens is 557 g/mol. The number of thiazole rings is 1. The quantitative estimate of drug-likeness (QED) is 0.271. The summed E-state index contributed by atoms with van der Waals surface area (Å²) in [6.07, 6.45) is -0.253. The molecule has 2 atom stereocenters. The van der Waals surface area contributed by atoms with Crippen LogP contribution in [0.5, 0.6) is 0 Å². The second-order valence-electron chi connectivity index (χ2n) is 9.17. The van der Waals surface area contributed by atoms with Crippen LogP contribution in [0, 0.1) is 18.8 Å². The first-order chi connectivity index (χ1) is 18.0. The normalized spacial score (nSPS) is 19.7. The molecule has 2 amide bonds. The van der Waals surface area contributed by atoms with E-state index >= 15 is 0 Å². The van der Waals surface area contributed by atoms with E-state index in [-0.39, 0.29) is 57.1 Å². The van der Waals surface area contributed by atoms with Crippen LogP contribution in [0.3, 0.4) is 0 Å². The minimum absolute atomic E-state index is 0.0181. The van der Waals surface area contributed by atoms with Crippen molar-refractivity contribution >= 4 is 69.1 Å². The Morgan fingerprint density at radius 1 is 1.08 bits per heavy atom. The summed E-state index contributed by atoms with van der Waals surface area (Å²) in [6.45, 7) is 2.90. The third-order valence-corrected chi connectivity index (χ3v) is 8.76. The lowest BCUT2D eigenvalue weighted by molar-refractivity contribution is -0.115. The third kappa shape index (κ3) is 4.94. The average molecular weight is 578 g/mol. The number of hydrogen-bond acceptors (Lipinski definition) is 7. The van der Waals surface area contributed by atoms with Crippen LogP contribution in [0.2, 0.25) is 10.0 Å². The molecule has 198 valence electrons. The highest BCUT2D eigenvalue weighted by atomic mass is 35.5. The Morgan fingerprint density at radius 3 is 2.29 bits per heavy atom. The first-order valence-corrected chi connectivity index (χ1v) is 13.1. The van der Waals surface area contributed by atoms with Gasteiger partial charge in [0, 0.05) is 42.3 Å². The maximum Gasteiger partial charge on any atom is 0.347 e. The summed E-state index contributed by atoms with van der Waals surface area (Å²) in [5.74, 6) is -2.69. The lowest BCUT2D eigenvalue weighted by atomic mass is 10.2. The van der Waals surface area contributed by atoms with Crippen molar-refractivity contribution in [1.29, 1.82) is 0 Å². The Balaban J connectivity index is 1.20. The van der Waals surface area contributed by atoms with Crippen LogP contribution in [0.15, 0.2) is 24.3 Å². The van der Waals surface area contributed by atoms with Crippen molar-refractivity contribution in [3.05, 3.63) is 61.8 Å². The molecule has 0 radical (unpaired) electrons. The van der Waals surface area contributed by atoms with E-state index in [2.05, 4.69) is 20.6 Å². The molecule has 1 aliphatic heterocycles. The molecule has 2 aliphatic rings. The Labute approximate surface area is 229 Å². The van der Waals surface area contributed by atoms with Crippen molar-refractivity contribution in [3.8, 4) is 0 Å². The lowest BCUT2D eigenvalue weighted by Gasteiger charge is -2.19. The van der Waals surface area contributed by atoms with Gasteiger partial charge in [0.15, 0.2) is 5.13 Å². The van der Waals surface area contributed by atoms with Crippen molar-refractivity contribution in [1.82, 2.24) is 15.3 Å². The molecule has 5 rings (SSSR count). The van der Waals surface area contributed by atoms with E-state index in [0.29, 0.717) is 34.6 Å². The Kier molecular flexibility index (Phi) is 6.80. The zero-order chi connectivity index (χ0) is 27.3. The number of halogens is 2. The molecule has 1 saturated heterocycles. The molecule has 0 bridgehead atoms. The van der Waals surface area contributed by atoms with Gasteiger partial charge in [-0.25, -0.2) is 14.6 Å². The van der Waals surface area contributed by atoms with E-state index in [4.69, 9.17) is 28.3 Å². The second-order valence-corrected chi connectivity index (χ2v) is 10.9. The van der Waals surface area contributed by atoms with E-state index < -0.39 is 17.8 Å². The van der Waals surface area contributed by atoms with Crippen LogP contribution >= 0.6 is 34.5 Å². The molecule has 1 aliphatic carbocycles. The van der Waals surface area contributed by atoms with Crippen LogP contribution in [0.1, 0.15) is 41.9 Å². The van der Waals surface area contributed by atoms with Gasteiger partial charge < -0.3 is 30.7 Å². The summed E-state index contributed by atoms with van der Waals surface area (Å²) in [7, 11) is 0. The van der Waals surface area contributed by atoms with Crippen LogP contribution in [-0.2, 0) is 11.2 Å². The van der Waals surface area contributed by atoms with Gasteiger partial charge >= 0.3 is 11.9 Å². The number of carboxylic acid groups (broad SMARTS) is 2. The van der Waals surface area contributed by atoms with Crippen molar-refractivity contribution < 1.29 is 29.4 Å². The summed E-state index contributed by atoms with van der Waals surface area (Å²) in [4.78, 5) is 57.3. The van der Waals surface area contributed by atoms with Gasteiger partial charge in [-0.05, 0) is 31.2 Å². The number of aromatic amines is 1. The number of piperidine rings is 1. The number of nitrogens with zero attached hydrogens (tertiary/aromatic N) is 2. The highest BCUT2D eigenvalue weighted by Crippen LogP contribution is 2.48. The van der Waals surface area contributed by atoms with E-state index in [9.17, 15) is 24.3 Å². The van der Waals surface area contributed by atoms with Crippen LogP contribution in [0.4, 0.5) is 10.8 Å². The van der Waals surface area contributed by atoms with Gasteiger partial charge in [0.2, 0.25) is 5.91 Å². The Bertz CT molecular complexity index is 1460. The van der Waals surface area contributed by atoms with Gasteiger partial charge in [-0.3, -0.25) is 9.59 Å². The van der Waals surface area contributed by atoms with Crippen molar-refractivity contribution in [2.45, 2.75) is 19.4 Å². The number of hydrogen-bond donors (Lipinski definition) is 5. The van der Waals surface area contributed by atoms with Gasteiger partial charge in [-0.1, -0.05) is 34.5 Å². The first-order valence-electron chi connectivity index (χ1n) is 11.5. The molecule has 2 unspecified atom stereocenters. The van der Waals surface area contributed by atoms with Gasteiger partial charge in [0.05, 0.1) is 27.7 Å². The number of aromatic carboxylic acids is 2. The molecule has 2 aromatic heterocycles. The SMILES string of the molecule is Cc1[nH]c(C(=O)NC2C3CN(c4nc(CC(=O)Nc5ccc(C(=O)O)cc5)c(C(=O)O)s4)CC32)c(Cl)c1Cl. The van der Waals surface area contributed by atoms with Crippen molar-refractivity contribution in [3.63, 3.8) is 0 Å². The lowest BCUT2D eigenvalue weighted by Crippen LogP contribution is -2.34. The number of benzene rings is 1. The van der Waals surface area contributed by atoms with E-state index in [1.54, 1.807) is 6.92 Å². The number of amides is 2. The maximum absolute atomic E-state index is 12.6. The molecule has 3 heterocycles. The van der Waals surface area contributed by atoms with Crippen LogP contribution < -0.4 is 15.5 Å². The van der Waals surface area contributed by atoms with Gasteiger partial charge in [-0.2, -0.15) is 0 Å². The molecule has 38 heavy (non-hydrogen) atoms. The first kappa shape index (κ1) is 26.0. The van der Waals surface area contributed by atoms with E-state index in [1.165, 1.54) is 24.3 Å². The zero-order valence-corrected chi connectivity index (χ0v) is 22.1. The summed E-state index contributed by atoms with van der Waals surface area (Å²) in [5.41, 5.74) is 1.46. The molecule has 11 nitrogen and oxygen atoms in total. The minimum Gasteiger partial charge on any atom is -0.478 e. The topological polar surface area (TPSA) is 165 Å². The largest absolute Gasteiger partial charge is 0.478 e. The number of fused-ring (bicyclic) bond motifs is 1. The molecule has 3 aromatic rings. The number of H-pyrrole nitrogens is 1. The number of carboxylic acids is 2. The molecule has 0 spiro atoms. The highest BCUT2D eigenvalue weighted by Gasteiger charge is 2.57. The molecule has 2 fully saturated rings. The standard InChI is InChI=1S/C24H21Cl2N5O6S/c1-9-16(25)17(26)19(27-9)21(33)30-18-12-7-31(8-13(12)18)24-29-14(20(38-24)23(36)37)6-15(32)28-11-4-2-10(3-5-11)22(34)35/h2-5,12-13,18,27H,6-8H2,1H3,(H,28,32)(H,30,33)(H,34,35)(H,36,37). The minimum atomic E-state index is -1.17. The number of carbonyl (C=O) groups is 4. The monoisotopic (exact) mass is 577 g/mol. The number of anilines is 2. The maximum atomic E-state index is 12.6. The van der Waals surface area contributed by atoms with E-state index in [1.807, 2.05) is 4.90 Å². The molecule has 5 N–H and O–H groups in total. The van der Waals surface area contributed by atoms with Crippen LogP contribution in [-0.4, -0.2) is 63.1 Å². The third-order valence-electron chi connectivity index (χ3n) is 6.67. The number of nitrogens with one attached hydrogen (secondary N) is 3. The fourth-order valence-electron chi connectivity index (χ4n) is 4.66. The molecule has 1 aromatic carbocycles. The molecule has 1 saturated carbocycles. The predicted octanol–water partition coefficient (Wildman–Crippen LogP) is 3.53. The molecular formula is C24H21Cl2N5O6S. The number of aromatic nitrogens is 2. The average Bonchev–Trinajstić information content (AvgIpc) is 3.21. The summed E-state index contributed by atoms with van der Waals surface area (Å²) in [5, 5.41) is 25.3. The zero-order valence-electron chi connectivity index (χ0n) is 19.7. The summed E-state index contributed by atoms with van der Waals surface area (Å²) in [6, 6.07) is 5.60. The second kappa shape index (κ2) is 9.93. The molecule has 14 heteroatoms. The number of carbonyl (C=O) groups excluding carboxylic acids is 2. The Hall–Kier alpha value is -3.61. The number of aryl methyl sites for hydroxylation is 1. The van der Waals surface area contributed by atoms with Gasteiger partial charge in [-0.15, -0.1) is 0 Å². The summed E-state index contributed by atoms with van der Waals surface area (Å²) >= 11 is 13.2.